The third-order valence-electron chi connectivity index (χ3n) is 16.4. The second kappa shape index (κ2) is 31.5. The van der Waals surface area contributed by atoms with Gasteiger partial charge in [-0.2, -0.15) is 15.8 Å². The molecule has 0 bridgehead atoms. The van der Waals surface area contributed by atoms with Gasteiger partial charge in [-0.05, 0) is 180 Å². The Bertz CT molecular complexity index is 5690. The van der Waals surface area contributed by atoms with Gasteiger partial charge in [-0.3, -0.25) is 39.5 Å². The van der Waals surface area contributed by atoms with Crippen LogP contribution in [0.15, 0.2) is 184 Å². The molecule has 0 atom stereocenters. The molecule has 0 unspecified atom stereocenters. The Labute approximate surface area is 603 Å². The van der Waals surface area contributed by atoms with E-state index in [0.29, 0.717) is 115 Å². The highest BCUT2D eigenvalue weighted by Crippen LogP contribution is 2.28. The number of nitrogens with zero attached hydrogens (tertiary/aromatic N) is 12. The molecule has 0 aliphatic heterocycles. The second-order valence-corrected chi connectivity index (χ2v) is 25.4. The predicted octanol–water partition coefficient (Wildman–Crippen LogP) is 14.5. The number of carboxylic acid groups (broad SMARTS) is 1. The van der Waals surface area contributed by atoms with E-state index < -0.39 is 5.97 Å². The van der Waals surface area contributed by atoms with Crippen molar-refractivity contribution < 1.29 is 19.5 Å². The normalized spacial score (nSPS) is 10.8. The van der Waals surface area contributed by atoms with Gasteiger partial charge < -0.3 is 36.4 Å². The number of aromatic carboxylic acids is 1. The van der Waals surface area contributed by atoms with Crippen molar-refractivity contribution in [2.24, 2.45) is 5.73 Å². The van der Waals surface area contributed by atoms with Crippen molar-refractivity contribution in [3.05, 3.63) is 299 Å². The Morgan fingerprint density at radius 2 is 0.757 bits per heavy atom. The maximum atomic E-state index is 12.8. The molecule has 12 heterocycles. The number of fused-ring (bicyclic) bond motifs is 6. The van der Waals surface area contributed by atoms with Crippen molar-refractivity contribution >= 4 is 118 Å². The summed E-state index contributed by atoms with van der Waals surface area (Å²) in [4.78, 5) is 84.5. The largest absolute Gasteiger partial charge is 0.478 e. The number of halogens is 3. The van der Waals surface area contributed by atoms with Crippen LogP contribution in [-0.2, 0) is 38.9 Å². The van der Waals surface area contributed by atoms with E-state index >= 15 is 0 Å². The maximum absolute atomic E-state index is 12.8. The molecule has 15 rings (SSSR count). The summed E-state index contributed by atoms with van der Waals surface area (Å²) in [5.74, 6) is -1.40. The minimum atomic E-state index is -0.982. The minimum Gasteiger partial charge on any atom is -0.478 e. The Morgan fingerprint density at radius 1 is 0.427 bits per heavy atom. The van der Waals surface area contributed by atoms with Gasteiger partial charge in [0.15, 0.2) is 0 Å². The third kappa shape index (κ3) is 16.9. The van der Waals surface area contributed by atoms with Crippen molar-refractivity contribution in [3.8, 4) is 18.2 Å². The van der Waals surface area contributed by atoms with Crippen LogP contribution in [0.1, 0.15) is 115 Å². The number of H-pyrrole nitrogens is 3. The summed E-state index contributed by atoms with van der Waals surface area (Å²) in [6.45, 7) is 7.02. The lowest BCUT2D eigenvalue weighted by molar-refractivity contribution is 0.0696. The number of nitriles is 3. The summed E-state index contributed by atoms with van der Waals surface area (Å²) in [6, 6.07) is 39.7. The first-order chi connectivity index (χ1) is 49.9. The number of hydrogen-bond donors (Lipinski definition) is 7. The quantitative estimate of drug-likeness (QED) is 0.0532. The number of rotatable bonds is 14. The van der Waals surface area contributed by atoms with Gasteiger partial charge in [-0.25, -0.2) is 19.7 Å². The van der Waals surface area contributed by atoms with Crippen LogP contribution in [0.25, 0.3) is 65.8 Å². The average Bonchev–Trinajstić information content (AvgIpc) is 1.67. The standard InChI is InChI=1S/2C26H19ClN6O.C18H13N3O2.C8H8ClN3/c2*1-15-4-19-5-16(6-20(10-28)24(19)30-11-15)7-21-9-18(2-3-29-21)26(34)33-13-17-8-22-23(27)14-32-25(22)31-12-17;1-11-4-14-5-12(6-15(9-19)17(14)21-10-11)7-16-8-13(18(22)23)2-3-20-16;9-7-4-12-8-6(7)1-5(2-10)3-11-8/h2*2-6,8-9,11-12,14H,7,13H2,1H3,(H,31,32)(H,33,34);2-6,8,10H,7H2,1H3,(H,22,23);1,3-4H,2,10H2,(H,11,12). The lowest BCUT2D eigenvalue weighted by Gasteiger charge is -2.09. The molecule has 0 aliphatic carbocycles. The van der Waals surface area contributed by atoms with E-state index in [0.717, 1.165) is 99.4 Å². The number of carbonyl (C=O) groups is 3. The number of aryl methyl sites for hydroxylation is 3. The smallest absolute Gasteiger partial charge is 0.335 e. The molecule has 103 heavy (non-hydrogen) atoms. The Balaban J connectivity index is 0.000000137. The van der Waals surface area contributed by atoms with E-state index in [1.165, 1.54) is 12.3 Å². The highest BCUT2D eigenvalue weighted by atomic mass is 35.5. The molecule has 3 aromatic carbocycles. The van der Waals surface area contributed by atoms with Gasteiger partial charge >= 0.3 is 5.97 Å². The molecule has 0 saturated heterocycles. The van der Waals surface area contributed by atoms with Gasteiger partial charge in [-0.15, -0.1) is 0 Å². The number of benzene rings is 3. The van der Waals surface area contributed by atoms with Crippen LogP contribution in [0, 0.1) is 54.8 Å². The van der Waals surface area contributed by atoms with Crippen LogP contribution in [0.5, 0.6) is 0 Å². The van der Waals surface area contributed by atoms with Crippen LogP contribution in [0.4, 0.5) is 0 Å². The van der Waals surface area contributed by atoms with E-state index in [4.69, 9.17) is 45.6 Å². The summed E-state index contributed by atoms with van der Waals surface area (Å²) in [7, 11) is 0. The first-order valence-corrected chi connectivity index (χ1v) is 33.1. The summed E-state index contributed by atoms with van der Waals surface area (Å²) < 4.78 is 0. The van der Waals surface area contributed by atoms with Gasteiger partial charge in [-0.1, -0.05) is 34.8 Å². The molecule has 0 saturated carbocycles. The molecule has 22 nitrogen and oxygen atoms in total. The summed E-state index contributed by atoms with van der Waals surface area (Å²) in [5.41, 5.74) is 23.1. The molecule has 12 aromatic heterocycles. The van der Waals surface area contributed by atoms with Crippen LogP contribution in [0.2, 0.25) is 15.1 Å². The van der Waals surface area contributed by atoms with Crippen molar-refractivity contribution in [1.82, 2.24) is 70.4 Å². The number of hydrogen-bond acceptors (Lipinski definition) is 16. The van der Waals surface area contributed by atoms with E-state index in [1.54, 1.807) is 105 Å². The maximum Gasteiger partial charge on any atom is 0.335 e. The van der Waals surface area contributed by atoms with Gasteiger partial charge in [0.1, 0.15) is 35.1 Å². The van der Waals surface area contributed by atoms with Gasteiger partial charge in [0, 0.05) is 174 Å². The zero-order valence-electron chi connectivity index (χ0n) is 55.3. The van der Waals surface area contributed by atoms with Crippen molar-refractivity contribution in [3.63, 3.8) is 0 Å². The van der Waals surface area contributed by atoms with Crippen molar-refractivity contribution in [1.29, 1.82) is 15.8 Å². The van der Waals surface area contributed by atoms with Gasteiger partial charge in [0.05, 0.1) is 53.9 Å². The Morgan fingerprint density at radius 3 is 1.10 bits per heavy atom. The zero-order valence-corrected chi connectivity index (χ0v) is 57.6. The third-order valence-corrected chi connectivity index (χ3v) is 17.4. The molecule has 0 aliphatic rings. The highest BCUT2D eigenvalue weighted by molar-refractivity contribution is 6.36. The summed E-state index contributed by atoms with van der Waals surface area (Å²) in [6.07, 6.45) is 21.7. The van der Waals surface area contributed by atoms with E-state index in [-0.39, 0.29) is 17.4 Å². The Hall–Kier alpha value is -12.9. The summed E-state index contributed by atoms with van der Waals surface area (Å²) in [5, 5.41) is 50.5. The fraction of sp³-hybridized carbons (Fsp3) is 0.115. The summed E-state index contributed by atoms with van der Waals surface area (Å²) >= 11 is 18.2. The number of amides is 2. The molecular formula is C78H59Cl3N18O4. The lowest BCUT2D eigenvalue weighted by Crippen LogP contribution is -2.23. The lowest BCUT2D eigenvalue weighted by atomic mass is 10.0. The Kier molecular flexibility index (Phi) is 21.4. The average molecular weight is 1420 g/mol. The van der Waals surface area contributed by atoms with Crippen LogP contribution >= 0.6 is 34.8 Å². The zero-order chi connectivity index (χ0) is 72.3. The minimum absolute atomic E-state index is 0.203. The number of carboxylic acids is 1. The second-order valence-electron chi connectivity index (χ2n) is 24.2. The first-order valence-electron chi connectivity index (χ1n) is 31.9. The van der Waals surface area contributed by atoms with Gasteiger partial charge in [0.2, 0.25) is 0 Å². The predicted molar refractivity (Wildman–Crippen MR) is 395 cm³/mol. The van der Waals surface area contributed by atoms with Crippen LogP contribution in [-0.4, -0.2) is 82.7 Å². The molecule has 25 heteroatoms. The number of aromatic nitrogens is 12. The number of carbonyl (C=O) groups excluding carboxylic acids is 2. The topological polar surface area (TPSA) is 356 Å². The van der Waals surface area contributed by atoms with Crippen LogP contribution < -0.4 is 16.4 Å². The SMILES string of the molecule is Cc1cnc2c(C#N)cc(Cc3cc(C(=O)NCc4cnc5[nH]cc(Cl)c5c4)ccn3)cc2c1.Cc1cnc2c(C#N)cc(Cc3cc(C(=O)NCc4cnc5[nH]cc(Cl)c5c4)ccn3)cc2c1.Cc1cnc2c(C#N)cc(Cc3cc(C(=O)O)ccn3)cc2c1.NCc1cnc2[nH]cc(Cl)c2c1. The first kappa shape index (κ1) is 70.0. The molecule has 0 spiro atoms. The number of aromatic amines is 3. The fourth-order valence-corrected chi connectivity index (χ4v) is 12.1. The highest BCUT2D eigenvalue weighted by Gasteiger charge is 2.16. The number of nitrogens with two attached hydrogens (primary N) is 1. The fourth-order valence-electron chi connectivity index (χ4n) is 11.5. The van der Waals surface area contributed by atoms with Gasteiger partial charge in [0.25, 0.3) is 11.8 Å². The van der Waals surface area contributed by atoms with E-state index in [9.17, 15) is 30.2 Å². The van der Waals surface area contributed by atoms with E-state index in [1.807, 2.05) is 87.5 Å². The van der Waals surface area contributed by atoms with E-state index in [2.05, 4.69) is 88.6 Å². The molecular weight excluding hydrogens is 1360 g/mol. The monoisotopic (exact) mass is 1420 g/mol. The van der Waals surface area contributed by atoms with Crippen molar-refractivity contribution in [2.75, 3.05) is 0 Å². The molecule has 506 valence electrons. The molecule has 2 amide bonds. The van der Waals surface area contributed by atoms with Crippen LogP contribution in [0.3, 0.4) is 0 Å². The molecule has 0 fully saturated rings. The molecule has 0 radical (unpaired) electrons. The number of nitrogens with one attached hydrogen (secondary N) is 5. The van der Waals surface area contributed by atoms with Crippen molar-refractivity contribution in [2.45, 2.75) is 59.7 Å². The molecule has 15 aromatic rings. The number of pyridine rings is 9. The molecule has 8 N–H and O–H groups in total.